The second-order valence-corrected chi connectivity index (χ2v) is 7.53. The van der Waals surface area contributed by atoms with Crippen LogP contribution in [0.5, 0.6) is 0 Å². The van der Waals surface area contributed by atoms with Crippen LogP contribution >= 0.6 is 0 Å². The summed E-state index contributed by atoms with van der Waals surface area (Å²) in [6, 6.07) is 7.56. The van der Waals surface area contributed by atoms with Gasteiger partial charge < -0.3 is 5.73 Å². The van der Waals surface area contributed by atoms with E-state index in [0.717, 1.165) is 31.2 Å². The first-order valence-corrected chi connectivity index (χ1v) is 8.29. The number of hydrogen-bond acceptors (Lipinski definition) is 3. The zero-order chi connectivity index (χ0) is 13.6. The monoisotopic (exact) mass is 280 g/mol. The van der Waals surface area contributed by atoms with E-state index in [1.54, 1.807) is 16.4 Å². The van der Waals surface area contributed by atoms with Crippen LogP contribution in [0.4, 0.5) is 0 Å². The molecule has 3 rings (SSSR count). The third kappa shape index (κ3) is 2.10. The number of piperidine rings is 1. The van der Waals surface area contributed by atoms with Crippen molar-refractivity contribution in [1.82, 2.24) is 4.31 Å². The molecule has 0 radical (unpaired) electrons. The number of nitrogens with zero attached hydrogens (tertiary/aromatic N) is 1. The molecule has 1 aromatic rings. The summed E-state index contributed by atoms with van der Waals surface area (Å²) in [6.07, 6.45) is 3.48. The maximum atomic E-state index is 12.9. The molecule has 5 heteroatoms. The van der Waals surface area contributed by atoms with Crippen LogP contribution in [0.1, 0.15) is 31.2 Å². The highest BCUT2D eigenvalue weighted by Gasteiger charge is 2.46. The standard InChI is InChI=1S/C14H20N2O2S/c1-10-4-2-3-5-14(10)19(17,18)16-12-6-7-13(16)9-11(15)8-12/h2-5,11-13H,6-9,15H2,1H3. The smallest absolute Gasteiger partial charge is 0.243 e. The summed E-state index contributed by atoms with van der Waals surface area (Å²) in [5, 5.41) is 0. The maximum absolute atomic E-state index is 12.9. The molecule has 1 aromatic carbocycles. The summed E-state index contributed by atoms with van der Waals surface area (Å²) in [5.74, 6) is 0. The number of nitrogens with two attached hydrogens (primary N) is 1. The van der Waals surface area contributed by atoms with Crippen LogP contribution in [0.2, 0.25) is 0 Å². The summed E-state index contributed by atoms with van der Waals surface area (Å²) in [5.41, 5.74) is 6.82. The average molecular weight is 280 g/mol. The van der Waals surface area contributed by atoms with E-state index in [1.165, 1.54) is 0 Å². The molecule has 2 aliphatic heterocycles. The Kier molecular flexibility index (Phi) is 3.15. The topological polar surface area (TPSA) is 63.4 Å². The summed E-state index contributed by atoms with van der Waals surface area (Å²) in [6.45, 7) is 1.85. The van der Waals surface area contributed by atoms with Crippen molar-refractivity contribution in [3.05, 3.63) is 29.8 Å². The molecule has 104 valence electrons. The molecule has 0 amide bonds. The lowest BCUT2D eigenvalue weighted by Crippen LogP contribution is -2.50. The second-order valence-electron chi connectivity index (χ2n) is 5.72. The molecular formula is C14H20N2O2S. The minimum atomic E-state index is -3.37. The summed E-state index contributed by atoms with van der Waals surface area (Å²) in [4.78, 5) is 0.447. The van der Waals surface area contributed by atoms with Gasteiger partial charge in [-0.25, -0.2) is 8.42 Å². The van der Waals surface area contributed by atoms with E-state index in [1.807, 2.05) is 19.1 Å². The number of benzene rings is 1. The third-order valence-electron chi connectivity index (χ3n) is 4.35. The van der Waals surface area contributed by atoms with E-state index in [9.17, 15) is 8.42 Å². The van der Waals surface area contributed by atoms with Gasteiger partial charge in [0.15, 0.2) is 0 Å². The average Bonchev–Trinajstić information content (AvgIpc) is 2.63. The predicted octanol–water partition coefficient (Wildman–Crippen LogP) is 1.64. The van der Waals surface area contributed by atoms with Crippen molar-refractivity contribution in [2.24, 2.45) is 5.73 Å². The lowest BCUT2D eigenvalue weighted by Gasteiger charge is -2.36. The van der Waals surface area contributed by atoms with Crippen LogP contribution in [0.15, 0.2) is 29.2 Å². The minimum absolute atomic E-state index is 0.0957. The fourth-order valence-electron chi connectivity index (χ4n) is 3.53. The Morgan fingerprint density at radius 2 is 1.74 bits per heavy atom. The molecular weight excluding hydrogens is 260 g/mol. The third-order valence-corrected chi connectivity index (χ3v) is 6.52. The van der Waals surface area contributed by atoms with Gasteiger partial charge in [-0.05, 0) is 44.2 Å². The Labute approximate surface area is 114 Å². The van der Waals surface area contributed by atoms with Gasteiger partial charge in [-0.2, -0.15) is 4.31 Å². The van der Waals surface area contributed by atoms with Gasteiger partial charge in [0.05, 0.1) is 4.90 Å². The lowest BCUT2D eigenvalue weighted by molar-refractivity contribution is 0.227. The molecule has 2 bridgehead atoms. The molecule has 2 N–H and O–H groups in total. The van der Waals surface area contributed by atoms with Crippen molar-refractivity contribution < 1.29 is 8.42 Å². The fraction of sp³-hybridized carbons (Fsp3) is 0.571. The number of hydrogen-bond donors (Lipinski definition) is 1. The van der Waals surface area contributed by atoms with Gasteiger partial charge in [-0.3, -0.25) is 0 Å². The lowest BCUT2D eigenvalue weighted by atomic mass is 10.0. The Hall–Kier alpha value is -0.910. The highest BCUT2D eigenvalue weighted by atomic mass is 32.2. The number of fused-ring (bicyclic) bond motifs is 2. The van der Waals surface area contributed by atoms with Crippen LogP contribution < -0.4 is 5.73 Å². The molecule has 4 nitrogen and oxygen atoms in total. The fourth-order valence-corrected chi connectivity index (χ4v) is 5.65. The molecule has 2 unspecified atom stereocenters. The molecule has 2 atom stereocenters. The Bertz CT molecular complexity index is 571. The molecule has 2 saturated heterocycles. The van der Waals surface area contributed by atoms with Crippen molar-refractivity contribution in [3.63, 3.8) is 0 Å². The molecule has 19 heavy (non-hydrogen) atoms. The first-order chi connectivity index (χ1) is 9.00. The van der Waals surface area contributed by atoms with Gasteiger partial charge in [0.25, 0.3) is 0 Å². The van der Waals surface area contributed by atoms with Crippen molar-refractivity contribution in [2.45, 2.75) is 55.6 Å². The number of aryl methyl sites for hydroxylation is 1. The van der Waals surface area contributed by atoms with E-state index in [0.29, 0.717) is 4.90 Å². The van der Waals surface area contributed by atoms with E-state index < -0.39 is 10.0 Å². The van der Waals surface area contributed by atoms with Gasteiger partial charge in [0, 0.05) is 18.1 Å². The van der Waals surface area contributed by atoms with Crippen molar-refractivity contribution in [1.29, 1.82) is 0 Å². The van der Waals surface area contributed by atoms with Gasteiger partial charge in [-0.15, -0.1) is 0 Å². The van der Waals surface area contributed by atoms with Crippen molar-refractivity contribution >= 4 is 10.0 Å². The van der Waals surface area contributed by atoms with Gasteiger partial charge in [0.2, 0.25) is 10.0 Å². The maximum Gasteiger partial charge on any atom is 0.243 e. The molecule has 2 fully saturated rings. The van der Waals surface area contributed by atoms with E-state index in [2.05, 4.69) is 0 Å². The first kappa shape index (κ1) is 13.1. The normalized spacial score (nSPS) is 31.6. The van der Waals surface area contributed by atoms with Gasteiger partial charge in [-0.1, -0.05) is 18.2 Å². The van der Waals surface area contributed by atoms with Crippen molar-refractivity contribution in [2.75, 3.05) is 0 Å². The van der Waals surface area contributed by atoms with E-state index in [4.69, 9.17) is 5.73 Å². The summed E-state index contributed by atoms with van der Waals surface area (Å²) >= 11 is 0. The number of sulfonamides is 1. The van der Waals surface area contributed by atoms with Crippen LogP contribution in [-0.4, -0.2) is 30.8 Å². The predicted molar refractivity (Wildman–Crippen MR) is 74.2 cm³/mol. The Balaban J connectivity index is 2.01. The minimum Gasteiger partial charge on any atom is -0.328 e. The zero-order valence-electron chi connectivity index (χ0n) is 11.1. The second kappa shape index (κ2) is 4.58. The SMILES string of the molecule is Cc1ccccc1S(=O)(=O)N1C2CCC1CC(N)C2. The van der Waals surface area contributed by atoms with Crippen LogP contribution in [0.25, 0.3) is 0 Å². The van der Waals surface area contributed by atoms with Crippen LogP contribution in [-0.2, 0) is 10.0 Å². The molecule has 2 heterocycles. The van der Waals surface area contributed by atoms with E-state index in [-0.39, 0.29) is 18.1 Å². The Morgan fingerprint density at radius 3 is 2.32 bits per heavy atom. The molecule has 0 aliphatic carbocycles. The molecule has 0 spiro atoms. The highest BCUT2D eigenvalue weighted by Crippen LogP contribution is 2.39. The number of rotatable bonds is 2. The largest absolute Gasteiger partial charge is 0.328 e. The molecule has 2 aliphatic rings. The van der Waals surface area contributed by atoms with Crippen LogP contribution in [0.3, 0.4) is 0 Å². The van der Waals surface area contributed by atoms with Crippen molar-refractivity contribution in [3.8, 4) is 0 Å². The Morgan fingerprint density at radius 1 is 1.16 bits per heavy atom. The zero-order valence-corrected chi connectivity index (χ0v) is 11.9. The summed E-state index contributed by atoms with van der Waals surface area (Å²) in [7, 11) is -3.37. The van der Waals surface area contributed by atoms with E-state index >= 15 is 0 Å². The van der Waals surface area contributed by atoms with Gasteiger partial charge >= 0.3 is 0 Å². The summed E-state index contributed by atoms with van der Waals surface area (Å²) < 4.78 is 27.5. The highest BCUT2D eigenvalue weighted by molar-refractivity contribution is 7.89. The first-order valence-electron chi connectivity index (χ1n) is 6.85. The quantitative estimate of drug-likeness (QED) is 0.895. The molecule has 0 saturated carbocycles. The van der Waals surface area contributed by atoms with Gasteiger partial charge in [0.1, 0.15) is 0 Å². The van der Waals surface area contributed by atoms with Crippen LogP contribution in [0, 0.1) is 6.92 Å². The molecule has 0 aromatic heterocycles.